The SMILES string of the molecule is [2H]c1c([2H])c([2H])c(-c2c([2H])c([2H])c([2H])c(-c3c([2H])c([2H])c([2H])c(C)c3[2H])c2C)c([2H])c1[2H]. The van der Waals surface area contributed by atoms with Gasteiger partial charge < -0.3 is 0 Å². The Kier molecular flexibility index (Phi) is 1.31. The molecule has 0 aliphatic carbocycles. The summed E-state index contributed by atoms with van der Waals surface area (Å²) < 4.78 is 97.9. The van der Waals surface area contributed by atoms with Crippen LogP contribution in [-0.4, -0.2) is 0 Å². The summed E-state index contributed by atoms with van der Waals surface area (Å²) in [6.45, 7) is 2.86. The third-order valence-corrected chi connectivity index (χ3v) is 2.88. The van der Waals surface area contributed by atoms with Crippen LogP contribution in [0, 0.1) is 13.8 Å². The highest BCUT2D eigenvalue weighted by atomic mass is 14.1. The van der Waals surface area contributed by atoms with Gasteiger partial charge in [-0.2, -0.15) is 0 Å². The van der Waals surface area contributed by atoms with Crippen LogP contribution in [0.2, 0.25) is 0 Å². The quantitative estimate of drug-likeness (QED) is 0.565. The molecule has 0 unspecified atom stereocenters. The normalized spacial score (nSPS) is 18.9. The standard InChI is InChI=1S/C20H18/c1-15-8-6-11-18(14-15)20-13-7-12-19(16(20)2)17-9-4-3-5-10-17/h3-14H,1-2H3/i3D,4D,5D,6D,7D,8D,9D,10D,11D,12D,13D,14D. The Hall–Kier alpha value is -2.34. The van der Waals surface area contributed by atoms with E-state index in [9.17, 15) is 0 Å². The fourth-order valence-corrected chi connectivity index (χ4v) is 1.91. The molecule has 98 valence electrons. The minimum absolute atomic E-state index is 0.0769. The van der Waals surface area contributed by atoms with Crippen LogP contribution in [0.15, 0.2) is 72.5 Å². The predicted molar refractivity (Wildman–Crippen MR) is 86.8 cm³/mol. The molecule has 0 fully saturated rings. The van der Waals surface area contributed by atoms with Crippen LogP contribution >= 0.6 is 0 Å². The zero-order chi connectivity index (χ0) is 24.4. The van der Waals surface area contributed by atoms with Crippen molar-refractivity contribution in [3.63, 3.8) is 0 Å². The Labute approximate surface area is 137 Å². The van der Waals surface area contributed by atoms with Gasteiger partial charge in [0.25, 0.3) is 0 Å². The topological polar surface area (TPSA) is 0 Å². The van der Waals surface area contributed by atoms with Gasteiger partial charge in [0.2, 0.25) is 0 Å². The molecular formula is C20H18. The summed E-state index contributed by atoms with van der Waals surface area (Å²) in [5.41, 5.74) is -0.589. The van der Waals surface area contributed by atoms with Crippen LogP contribution in [0.1, 0.15) is 27.6 Å². The van der Waals surface area contributed by atoms with E-state index in [0.29, 0.717) is 0 Å². The highest BCUT2D eigenvalue weighted by Crippen LogP contribution is 2.31. The lowest BCUT2D eigenvalue weighted by Gasteiger charge is -2.12. The zero-order valence-electron chi connectivity index (χ0n) is 23.0. The molecule has 0 aliphatic rings. The number of benzene rings is 3. The summed E-state index contributed by atoms with van der Waals surface area (Å²) in [5.74, 6) is 0. The first kappa shape index (κ1) is 4.89. The molecule has 0 spiro atoms. The van der Waals surface area contributed by atoms with Crippen molar-refractivity contribution >= 4 is 0 Å². The molecule has 3 aromatic rings. The third kappa shape index (κ3) is 2.37. The Balaban J connectivity index is 2.59. The van der Waals surface area contributed by atoms with Crippen LogP contribution < -0.4 is 0 Å². The zero-order valence-corrected chi connectivity index (χ0v) is 11.0. The molecule has 0 saturated heterocycles. The summed E-state index contributed by atoms with van der Waals surface area (Å²) in [5, 5.41) is 0. The van der Waals surface area contributed by atoms with Gasteiger partial charge in [-0.25, -0.2) is 0 Å². The maximum absolute atomic E-state index is 8.41. The molecule has 0 heterocycles. The Morgan fingerprint density at radius 3 is 2.00 bits per heavy atom. The number of hydrogen-bond donors (Lipinski definition) is 0. The van der Waals surface area contributed by atoms with E-state index in [1.807, 2.05) is 0 Å². The minimum atomic E-state index is -0.618. The summed E-state index contributed by atoms with van der Waals surface area (Å²) in [6, 6.07) is -6.15. The second-order valence-corrected chi connectivity index (χ2v) is 4.25. The first-order valence-corrected chi connectivity index (χ1v) is 6.00. The van der Waals surface area contributed by atoms with Crippen molar-refractivity contribution in [2.45, 2.75) is 13.8 Å². The van der Waals surface area contributed by atoms with E-state index in [-0.39, 0.29) is 45.5 Å². The Morgan fingerprint density at radius 1 is 0.650 bits per heavy atom. The van der Waals surface area contributed by atoms with Crippen LogP contribution in [0.25, 0.3) is 22.3 Å². The number of rotatable bonds is 2. The molecule has 0 bridgehead atoms. The maximum Gasteiger partial charge on any atom is 0.0632 e. The highest BCUT2D eigenvalue weighted by Gasteiger charge is 2.07. The van der Waals surface area contributed by atoms with Crippen LogP contribution in [0.5, 0.6) is 0 Å². The molecule has 0 aromatic heterocycles. The lowest BCUT2D eigenvalue weighted by atomic mass is 9.92. The smallest absolute Gasteiger partial charge is 0.0622 e. The van der Waals surface area contributed by atoms with Crippen molar-refractivity contribution in [3.05, 3.63) is 83.6 Å². The molecule has 0 nitrogen and oxygen atoms in total. The lowest BCUT2D eigenvalue weighted by Crippen LogP contribution is -1.88. The fraction of sp³-hybridized carbons (Fsp3) is 0.100. The summed E-state index contributed by atoms with van der Waals surface area (Å²) in [6.07, 6.45) is 0. The Bertz CT molecular complexity index is 1150. The van der Waals surface area contributed by atoms with Crippen LogP contribution in [-0.2, 0) is 0 Å². The molecule has 20 heavy (non-hydrogen) atoms. The average molecular weight is 270 g/mol. The molecular weight excluding hydrogens is 240 g/mol. The highest BCUT2D eigenvalue weighted by molar-refractivity contribution is 5.78. The van der Waals surface area contributed by atoms with E-state index in [0.717, 1.165) is 0 Å². The number of hydrogen-bond acceptors (Lipinski definition) is 0. The van der Waals surface area contributed by atoms with Crippen molar-refractivity contribution in [1.29, 1.82) is 0 Å². The average Bonchev–Trinajstić information content (AvgIpc) is 2.76. The van der Waals surface area contributed by atoms with Gasteiger partial charge in [-0.1, -0.05) is 78.1 Å². The predicted octanol–water partition coefficient (Wildman–Crippen LogP) is 5.64. The molecule has 0 N–H and O–H groups in total. The van der Waals surface area contributed by atoms with Gasteiger partial charge >= 0.3 is 0 Å². The summed E-state index contributed by atoms with van der Waals surface area (Å²) in [7, 11) is 0. The van der Waals surface area contributed by atoms with Gasteiger partial charge in [-0.15, -0.1) is 0 Å². The van der Waals surface area contributed by atoms with Crippen LogP contribution in [0.4, 0.5) is 0 Å². The molecule has 0 saturated carbocycles. The summed E-state index contributed by atoms with van der Waals surface area (Å²) >= 11 is 0. The van der Waals surface area contributed by atoms with Gasteiger partial charge in [0.1, 0.15) is 0 Å². The van der Waals surface area contributed by atoms with E-state index in [1.165, 1.54) is 13.8 Å². The lowest BCUT2D eigenvalue weighted by molar-refractivity contribution is 1.42. The van der Waals surface area contributed by atoms with Gasteiger partial charge in [0, 0.05) is 0 Å². The molecule has 0 atom stereocenters. The van der Waals surface area contributed by atoms with Crippen molar-refractivity contribution < 1.29 is 16.4 Å². The third-order valence-electron chi connectivity index (χ3n) is 2.88. The van der Waals surface area contributed by atoms with Gasteiger partial charge in [-0.3, -0.25) is 0 Å². The largest absolute Gasteiger partial charge is 0.0632 e. The molecule has 0 aliphatic heterocycles. The first-order valence-electron chi connectivity index (χ1n) is 12.0. The second-order valence-electron chi connectivity index (χ2n) is 4.25. The van der Waals surface area contributed by atoms with Crippen LogP contribution in [0.3, 0.4) is 0 Å². The minimum Gasteiger partial charge on any atom is -0.0622 e. The van der Waals surface area contributed by atoms with Gasteiger partial charge in [-0.05, 0) is 41.7 Å². The van der Waals surface area contributed by atoms with Gasteiger partial charge in [0.15, 0.2) is 0 Å². The maximum atomic E-state index is 8.41. The molecule has 0 radical (unpaired) electrons. The van der Waals surface area contributed by atoms with E-state index in [2.05, 4.69) is 0 Å². The Morgan fingerprint density at radius 2 is 1.25 bits per heavy atom. The fourth-order valence-electron chi connectivity index (χ4n) is 1.91. The van der Waals surface area contributed by atoms with Crippen molar-refractivity contribution in [2.75, 3.05) is 0 Å². The monoisotopic (exact) mass is 270 g/mol. The molecule has 0 amide bonds. The molecule has 3 aromatic carbocycles. The van der Waals surface area contributed by atoms with Crippen molar-refractivity contribution in [1.82, 2.24) is 0 Å². The van der Waals surface area contributed by atoms with Gasteiger partial charge in [0.05, 0.1) is 16.4 Å². The van der Waals surface area contributed by atoms with E-state index in [4.69, 9.17) is 16.4 Å². The molecule has 3 rings (SSSR count). The van der Waals surface area contributed by atoms with E-state index in [1.54, 1.807) is 0 Å². The second kappa shape index (κ2) is 5.34. The molecule has 0 heteroatoms. The summed E-state index contributed by atoms with van der Waals surface area (Å²) in [4.78, 5) is 0. The van der Waals surface area contributed by atoms with E-state index < -0.39 is 60.4 Å². The first-order chi connectivity index (χ1) is 14.7. The van der Waals surface area contributed by atoms with Crippen molar-refractivity contribution in [2.24, 2.45) is 0 Å². The van der Waals surface area contributed by atoms with Crippen molar-refractivity contribution in [3.8, 4) is 22.3 Å². The van der Waals surface area contributed by atoms with E-state index >= 15 is 0 Å².